The number of carbonyl (C=O) groups excluding carboxylic acids is 2. The normalized spacial score (nSPS) is 14.2. The second-order valence-corrected chi connectivity index (χ2v) is 5.50. The Hall–Kier alpha value is -2.75. The van der Waals surface area contributed by atoms with E-state index in [1.807, 2.05) is 32.0 Å². The molecule has 0 spiro atoms. The van der Waals surface area contributed by atoms with Crippen molar-refractivity contribution >= 4 is 23.2 Å². The summed E-state index contributed by atoms with van der Waals surface area (Å²) < 4.78 is 0. The number of aryl methyl sites for hydroxylation is 2. The summed E-state index contributed by atoms with van der Waals surface area (Å²) in [6.07, 6.45) is 1.46. The number of benzene rings is 2. The van der Waals surface area contributed by atoms with Gasteiger partial charge in [0.25, 0.3) is 5.91 Å². The van der Waals surface area contributed by atoms with Gasteiger partial charge >= 0.3 is 0 Å². The van der Waals surface area contributed by atoms with E-state index in [9.17, 15) is 9.59 Å². The van der Waals surface area contributed by atoms with Crippen molar-refractivity contribution in [3.8, 4) is 0 Å². The van der Waals surface area contributed by atoms with Crippen LogP contribution in [0.2, 0.25) is 0 Å². The lowest BCUT2D eigenvalue weighted by Crippen LogP contribution is -2.46. The highest BCUT2D eigenvalue weighted by atomic mass is 16.2. The van der Waals surface area contributed by atoms with Crippen molar-refractivity contribution < 1.29 is 9.59 Å². The van der Waals surface area contributed by atoms with Crippen molar-refractivity contribution in [2.45, 2.75) is 26.7 Å². The third kappa shape index (κ3) is 2.27. The van der Waals surface area contributed by atoms with Gasteiger partial charge < -0.3 is 0 Å². The van der Waals surface area contributed by atoms with Crippen molar-refractivity contribution in [2.24, 2.45) is 0 Å². The third-order valence-electron chi connectivity index (χ3n) is 4.23. The number of hydrogen-bond donors (Lipinski definition) is 1. The first-order valence-corrected chi connectivity index (χ1v) is 7.77. The molecule has 1 aliphatic rings. The minimum atomic E-state index is -0.409. The zero-order valence-corrected chi connectivity index (χ0v) is 13.2. The second-order valence-electron chi connectivity index (χ2n) is 5.50. The average molecular weight is 306 g/mol. The van der Waals surface area contributed by atoms with Crippen LogP contribution in [0.3, 0.4) is 0 Å². The molecular weight excluding hydrogens is 288 g/mol. The van der Waals surface area contributed by atoms with Gasteiger partial charge in [0.15, 0.2) is 5.84 Å². The number of ketones is 1. The molecule has 3 rings (SSSR count). The summed E-state index contributed by atoms with van der Waals surface area (Å²) in [4.78, 5) is 26.7. The number of anilines is 1. The van der Waals surface area contributed by atoms with Crippen LogP contribution >= 0.6 is 0 Å². The molecule has 2 aromatic rings. The molecular formula is C19H18N2O2. The van der Waals surface area contributed by atoms with Crippen LogP contribution < -0.4 is 4.90 Å². The molecule has 1 aliphatic heterocycles. The lowest BCUT2D eigenvalue weighted by molar-refractivity contribution is 0.0966. The Morgan fingerprint density at radius 1 is 0.870 bits per heavy atom. The van der Waals surface area contributed by atoms with E-state index in [0.717, 1.165) is 24.0 Å². The van der Waals surface area contributed by atoms with Crippen LogP contribution in [0.15, 0.2) is 42.5 Å². The van der Waals surface area contributed by atoms with E-state index in [1.165, 1.54) is 4.90 Å². The molecule has 0 atom stereocenters. The molecule has 4 heteroatoms. The van der Waals surface area contributed by atoms with Crippen LogP contribution in [0, 0.1) is 5.41 Å². The Kier molecular flexibility index (Phi) is 3.82. The minimum absolute atomic E-state index is 0.274. The smallest absolute Gasteiger partial charge is 0.264 e. The topological polar surface area (TPSA) is 61.2 Å². The number of fused-ring (bicyclic) bond motifs is 1. The summed E-state index contributed by atoms with van der Waals surface area (Å²) in [6.45, 7) is 4.01. The molecule has 2 aromatic carbocycles. The molecule has 116 valence electrons. The molecule has 0 bridgehead atoms. The number of para-hydroxylation sites is 1. The van der Waals surface area contributed by atoms with Gasteiger partial charge in [-0.2, -0.15) is 0 Å². The number of nitrogens with zero attached hydrogens (tertiary/aromatic N) is 1. The summed E-state index contributed by atoms with van der Waals surface area (Å²) in [6, 6.07) is 12.5. The van der Waals surface area contributed by atoms with E-state index < -0.39 is 5.78 Å². The Morgan fingerprint density at radius 2 is 1.43 bits per heavy atom. The van der Waals surface area contributed by atoms with Crippen LogP contribution in [-0.2, 0) is 12.8 Å². The maximum atomic E-state index is 12.9. The molecule has 4 nitrogen and oxygen atoms in total. The van der Waals surface area contributed by atoms with E-state index in [0.29, 0.717) is 16.8 Å². The standard InChI is InChI=1S/C19H18N2O2/c1-3-12-8-7-9-13(4-2)16(12)21-18(20)17(22)14-10-5-6-11-15(14)19(21)23/h5-11,20H,3-4H2,1-2H3. The van der Waals surface area contributed by atoms with Crippen LogP contribution in [0.1, 0.15) is 45.7 Å². The Morgan fingerprint density at radius 3 is 2.00 bits per heavy atom. The molecule has 23 heavy (non-hydrogen) atoms. The van der Waals surface area contributed by atoms with Gasteiger partial charge in [-0.05, 0) is 30.0 Å². The van der Waals surface area contributed by atoms with Crippen LogP contribution in [0.4, 0.5) is 5.69 Å². The minimum Gasteiger partial charge on any atom is -0.285 e. The highest BCUT2D eigenvalue weighted by Gasteiger charge is 2.37. The number of Topliss-reactive ketones (excluding diaryl/α,β-unsaturated/α-hetero) is 1. The van der Waals surface area contributed by atoms with E-state index in [-0.39, 0.29) is 11.7 Å². The van der Waals surface area contributed by atoms with Crippen LogP contribution in [0.25, 0.3) is 0 Å². The maximum absolute atomic E-state index is 12.9. The van der Waals surface area contributed by atoms with Crippen LogP contribution in [0.5, 0.6) is 0 Å². The first-order valence-electron chi connectivity index (χ1n) is 7.77. The van der Waals surface area contributed by atoms with Gasteiger partial charge in [-0.25, -0.2) is 0 Å². The van der Waals surface area contributed by atoms with Gasteiger partial charge in [0.1, 0.15) is 0 Å². The second kappa shape index (κ2) is 5.80. The van der Waals surface area contributed by atoms with Crippen molar-refractivity contribution in [3.05, 3.63) is 64.7 Å². The third-order valence-corrected chi connectivity index (χ3v) is 4.23. The van der Waals surface area contributed by atoms with Gasteiger partial charge in [-0.1, -0.05) is 50.2 Å². The molecule has 0 fully saturated rings. The summed E-state index contributed by atoms with van der Waals surface area (Å²) in [5, 5.41) is 8.25. The summed E-state index contributed by atoms with van der Waals surface area (Å²) in [7, 11) is 0. The monoisotopic (exact) mass is 306 g/mol. The summed E-state index contributed by atoms with van der Waals surface area (Å²) in [5.41, 5.74) is 3.30. The summed E-state index contributed by atoms with van der Waals surface area (Å²) >= 11 is 0. The summed E-state index contributed by atoms with van der Waals surface area (Å²) in [5.74, 6) is -0.988. The first-order chi connectivity index (χ1) is 11.1. The predicted molar refractivity (Wildman–Crippen MR) is 90.5 cm³/mol. The molecule has 1 amide bonds. The highest BCUT2D eigenvalue weighted by molar-refractivity contribution is 6.57. The van der Waals surface area contributed by atoms with E-state index >= 15 is 0 Å². The van der Waals surface area contributed by atoms with Crippen LogP contribution in [-0.4, -0.2) is 17.5 Å². The quantitative estimate of drug-likeness (QED) is 0.941. The number of amides is 1. The fourth-order valence-corrected chi connectivity index (χ4v) is 3.03. The Bertz CT molecular complexity index is 802. The fourth-order valence-electron chi connectivity index (χ4n) is 3.03. The molecule has 0 aliphatic carbocycles. The number of nitrogens with one attached hydrogen (secondary N) is 1. The average Bonchev–Trinajstić information content (AvgIpc) is 2.60. The number of amidine groups is 1. The number of hydrogen-bond acceptors (Lipinski definition) is 3. The van der Waals surface area contributed by atoms with Gasteiger partial charge in [-0.3, -0.25) is 19.9 Å². The molecule has 1 heterocycles. The number of carbonyl (C=O) groups is 2. The maximum Gasteiger partial charge on any atom is 0.264 e. The Balaban J connectivity index is 2.24. The van der Waals surface area contributed by atoms with Crippen molar-refractivity contribution in [2.75, 3.05) is 4.90 Å². The molecule has 0 saturated carbocycles. The first kappa shape index (κ1) is 15.2. The fraction of sp³-hybridized carbons (Fsp3) is 0.211. The van der Waals surface area contributed by atoms with E-state index in [1.54, 1.807) is 24.3 Å². The molecule has 0 saturated heterocycles. The predicted octanol–water partition coefficient (Wildman–Crippen LogP) is 3.63. The molecule has 0 radical (unpaired) electrons. The van der Waals surface area contributed by atoms with Crippen molar-refractivity contribution in [3.63, 3.8) is 0 Å². The van der Waals surface area contributed by atoms with Crippen molar-refractivity contribution in [1.82, 2.24) is 0 Å². The van der Waals surface area contributed by atoms with Gasteiger partial charge in [0, 0.05) is 5.56 Å². The van der Waals surface area contributed by atoms with Gasteiger partial charge in [-0.15, -0.1) is 0 Å². The molecule has 0 aromatic heterocycles. The zero-order valence-electron chi connectivity index (χ0n) is 13.2. The lowest BCUT2D eigenvalue weighted by atomic mass is 9.94. The van der Waals surface area contributed by atoms with Crippen molar-refractivity contribution in [1.29, 1.82) is 5.41 Å². The van der Waals surface area contributed by atoms with E-state index in [2.05, 4.69) is 0 Å². The zero-order chi connectivity index (χ0) is 16.6. The SMILES string of the molecule is CCc1cccc(CC)c1N1C(=N)C(=O)c2ccccc2C1=O. The number of rotatable bonds is 3. The Labute approximate surface area is 135 Å². The van der Waals surface area contributed by atoms with Gasteiger partial charge in [0.05, 0.1) is 11.3 Å². The van der Waals surface area contributed by atoms with Gasteiger partial charge in [0.2, 0.25) is 5.78 Å². The molecule has 1 N–H and O–H groups in total. The lowest BCUT2D eigenvalue weighted by Gasteiger charge is -2.31. The van der Waals surface area contributed by atoms with E-state index in [4.69, 9.17) is 5.41 Å². The molecule has 0 unspecified atom stereocenters. The largest absolute Gasteiger partial charge is 0.285 e. The highest BCUT2D eigenvalue weighted by Crippen LogP contribution is 2.32.